The zero-order valence-electron chi connectivity index (χ0n) is 16.5. The molecule has 1 aliphatic carbocycles. The second-order valence-electron chi connectivity index (χ2n) is 7.55. The van der Waals surface area contributed by atoms with Gasteiger partial charge in [0.1, 0.15) is 10.6 Å². The maximum Gasteiger partial charge on any atom is 0.199 e. The number of fused-ring (bicyclic) bond motifs is 1. The molecule has 148 valence electrons. The van der Waals surface area contributed by atoms with Gasteiger partial charge in [-0.2, -0.15) is 0 Å². The summed E-state index contributed by atoms with van der Waals surface area (Å²) in [6.07, 6.45) is 7.19. The van der Waals surface area contributed by atoms with Crippen molar-refractivity contribution >= 4 is 27.4 Å². The van der Waals surface area contributed by atoms with Crippen LogP contribution in [-0.4, -0.2) is 32.7 Å². The van der Waals surface area contributed by atoms with Gasteiger partial charge in [-0.1, -0.05) is 30.3 Å². The van der Waals surface area contributed by atoms with Crippen molar-refractivity contribution in [2.75, 3.05) is 12.8 Å². The van der Waals surface area contributed by atoms with E-state index in [1.165, 1.54) is 10.4 Å². The number of hydrogen-bond acceptors (Lipinski definition) is 6. The Morgan fingerprint density at radius 1 is 1.17 bits per heavy atom. The number of thiophene rings is 1. The van der Waals surface area contributed by atoms with Crippen LogP contribution in [0.25, 0.3) is 33.0 Å². The van der Waals surface area contributed by atoms with Gasteiger partial charge in [0.25, 0.3) is 0 Å². The molecule has 0 saturated heterocycles. The first-order valence-electron chi connectivity index (χ1n) is 9.81. The van der Waals surface area contributed by atoms with E-state index in [0.717, 1.165) is 40.9 Å². The Labute approximate surface area is 173 Å². The summed E-state index contributed by atoms with van der Waals surface area (Å²) in [5.41, 5.74) is 8.85. The van der Waals surface area contributed by atoms with Crippen LogP contribution in [0.3, 0.4) is 0 Å². The number of methoxy groups -OCH3 is 1. The number of imidazole rings is 1. The highest BCUT2D eigenvalue weighted by molar-refractivity contribution is 7.19. The highest BCUT2D eigenvalue weighted by Gasteiger charge is 2.31. The van der Waals surface area contributed by atoms with Gasteiger partial charge in [0.15, 0.2) is 11.6 Å². The lowest BCUT2D eigenvalue weighted by atomic mass is 9.95. The lowest BCUT2D eigenvalue weighted by Gasteiger charge is -2.12. The average molecular weight is 406 g/mol. The van der Waals surface area contributed by atoms with Crippen molar-refractivity contribution in [2.24, 2.45) is 7.05 Å². The van der Waals surface area contributed by atoms with E-state index < -0.39 is 0 Å². The molecular weight excluding hydrogens is 382 g/mol. The van der Waals surface area contributed by atoms with E-state index >= 15 is 0 Å². The van der Waals surface area contributed by atoms with E-state index in [9.17, 15) is 0 Å². The number of nitrogens with two attached hydrogens (primary N) is 1. The standard InChI is InChI=1S/C22H23N5OS/c1-27-11-10-24-21(27)20-25-19(23)17-16(13-6-4-3-5-7-13)18(29-22(17)26-20)14-8-9-15(12-14)28-2/h3-7,10-11,14-15H,8-9,12H2,1-2H3,(H2,23,25,26)/t14-,15+/m1/s1. The minimum absolute atomic E-state index is 0.320. The number of nitrogens with zero attached hydrogens (tertiary/aromatic N) is 4. The molecule has 1 aliphatic rings. The van der Waals surface area contributed by atoms with Gasteiger partial charge >= 0.3 is 0 Å². The third-order valence-corrected chi connectivity index (χ3v) is 7.03. The maximum absolute atomic E-state index is 6.51. The van der Waals surface area contributed by atoms with Crippen LogP contribution in [-0.2, 0) is 11.8 Å². The van der Waals surface area contributed by atoms with E-state index in [-0.39, 0.29) is 0 Å². The highest BCUT2D eigenvalue weighted by Crippen LogP contribution is 2.48. The molecule has 0 unspecified atom stereocenters. The first-order valence-corrected chi connectivity index (χ1v) is 10.6. The van der Waals surface area contributed by atoms with Crippen molar-refractivity contribution in [1.29, 1.82) is 0 Å². The van der Waals surface area contributed by atoms with E-state index in [1.54, 1.807) is 24.6 Å². The van der Waals surface area contributed by atoms with Crippen molar-refractivity contribution in [1.82, 2.24) is 19.5 Å². The van der Waals surface area contributed by atoms with Crippen LogP contribution in [0.15, 0.2) is 42.7 Å². The summed E-state index contributed by atoms with van der Waals surface area (Å²) in [7, 11) is 3.74. The predicted molar refractivity (Wildman–Crippen MR) is 117 cm³/mol. The molecule has 1 fully saturated rings. The van der Waals surface area contributed by atoms with Crippen LogP contribution >= 0.6 is 11.3 Å². The Kier molecular flexibility index (Phi) is 4.56. The second kappa shape index (κ2) is 7.24. The fraction of sp³-hybridized carbons (Fsp3) is 0.318. The van der Waals surface area contributed by atoms with Gasteiger partial charge in [0.05, 0.1) is 11.5 Å². The molecule has 6 nitrogen and oxygen atoms in total. The molecule has 29 heavy (non-hydrogen) atoms. The van der Waals surface area contributed by atoms with Gasteiger partial charge in [-0.25, -0.2) is 15.0 Å². The minimum Gasteiger partial charge on any atom is -0.383 e. The molecule has 3 aromatic heterocycles. The van der Waals surface area contributed by atoms with Crippen LogP contribution in [0.2, 0.25) is 0 Å². The molecule has 1 saturated carbocycles. The number of anilines is 1. The Morgan fingerprint density at radius 3 is 2.69 bits per heavy atom. The Morgan fingerprint density at radius 2 is 2.00 bits per heavy atom. The summed E-state index contributed by atoms with van der Waals surface area (Å²) in [6, 6.07) is 10.4. The number of ether oxygens (including phenoxy) is 1. The number of rotatable bonds is 4. The third kappa shape index (κ3) is 3.10. The molecule has 0 bridgehead atoms. The first-order chi connectivity index (χ1) is 14.2. The Hall–Kier alpha value is -2.77. The van der Waals surface area contributed by atoms with E-state index in [1.807, 2.05) is 23.9 Å². The van der Waals surface area contributed by atoms with Crippen LogP contribution in [0.5, 0.6) is 0 Å². The summed E-state index contributed by atoms with van der Waals surface area (Å²) < 4.78 is 7.54. The largest absolute Gasteiger partial charge is 0.383 e. The van der Waals surface area contributed by atoms with Gasteiger partial charge < -0.3 is 15.0 Å². The smallest absolute Gasteiger partial charge is 0.199 e. The second-order valence-corrected chi connectivity index (χ2v) is 8.58. The fourth-order valence-corrected chi connectivity index (χ4v) is 5.65. The van der Waals surface area contributed by atoms with Gasteiger partial charge in [-0.3, -0.25) is 0 Å². The monoisotopic (exact) mass is 405 g/mol. The van der Waals surface area contributed by atoms with Crippen LogP contribution in [0.4, 0.5) is 5.82 Å². The van der Waals surface area contributed by atoms with Gasteiger partial charge in [-0.15, -0.1) is 11.3 Å². The van der Waals surface area contributed by atoms with Crippen LogP contribution in [0, 0.1) is 0 Å². The van der Waals surface area contributed by atoms with Crippen molar-refractivity contribution in [2.45, 2.75) is 31.3 Å². The van der Waals surface area contributed by atoms with Crippen LogP contribution in [0.1, 0.15) is 30.1 Å². The number of nitrogen functional groups attached to an aromatic ring is 1. The molecule has 7 heteroatoms. The minimum atomic E-state index is 0.320. The number of aryl methyl sites for hydroxylation is 1. The molecule has 2 atom stereocenters. The quantitative estimate of drug-likeness (QED) is 0.536. The fourth-order valence-electron chi connectivity index (χ4n) is 4.30. The predicted octanol–water partition coefficient (Wildman–Crippen LogP) is 4.62. The summed E-state index contributed by atoms with van der Waals surface area (Å²) in [5, 5.41) is 0.954. The van der Waals surface area contributed by atoms with Crippen LogP contribution < -0.4 is 5.73 Å². The molecule has 4 aromatic rings. The SMILES string of the molecule is CO[C@H]1CC[C@@H](c2sc3nc(-c4nccn4C)nc(N)c3c2-c2ccccc2)C1. The molecule has 0 aliphatic heterocycles. The maximum atomic E-state index is 6.51. The summed E-state index contributed by atoms with van der Waals surface area (Å²) in [6.45, 7) is 0. The van der Waals surface area contributed by atoms with Crippen molar-refractivity contribution in [3.8, 4) is 22.8 Å². The van der Waals surface area contributed by atoms with E-state index in [2.05, 4.69) is 34.2 Å². The average Bonchev–Trinajstić information content (AvgIpc) is 3.46. The zero-order valence-corrected chi connectivity index (χ0v) is 17.3. The van der Waals surface area contributed by atoms with Gasteiger partial charge in [-0.05, 0) is 30.7 Å². The number of hydrogen-bond donors (Lipinski definition) is 1. The molecule has 0 amide bonds. The molecular formula is C22H23N5OS. The van der Waals surface area contributed by atoms with Crippen molar-refractivity contribution in [3.05, 3.63) is 47.6 Å². The lowest BCUT2D eigenvalue weighted by Crippen LogP contribution is -2.04. The Bertz CT molecular complexity index is 1170. The lowest BCUT2D eigenvalue weighted by molar-refractivity contribution is 0.108. The molecule has 0 radical (unpaired) electrons. The Balaban J connectivity index is 1.73. The first kappa shape index (κ1) is 18.3. The summed E-state index contributed by atoms with van der Waals surface area (Å²) in [5.74, 6) is 2.24. The third-order valence-electron chi connectivity index (χ3n) is 5.78. The highest BCUT2D eigenvalue weighted by atomic mass is 32.1. The summed E-state index contributed by atoms with van der Waals surface area (Å²) in [4.78, 5) is 16.1. The molecule has 2 N–H and O–H groups in total. The topological polar surface area (TPSA) is 78.9 Å². The van der Waals surface area contributed by atoms with E-state index in [0.29, 0.717) is 23.7 Å². The summed E-state index contributed by atoms with van der Waals surface area (Å²) >= 11 is 1.74. The van der Waals surface area contributed by atoms with Gasteiger partial charge in [0.2, 0.25) is 0 Å². The zero-order chi connectivity index (χ0) is 20.0. The van der Waals surface area contributed by atoms with Gasteiger partial charge in [0, 0.05) is 37.0 Å². The molecule has 5 rings (SSSR count). The molecule has 3 heterocycles. The van der Waals surface area contributed by atoms with Crippen molar-refractivity contribution < 1.29 is 4.74 Å². The molecule has 1 aromatic carbocycles. The van der Waals surface area contributed by atoms with E-state index in [4.69, 9.17) is 15.5 Å². The number of benzene rings is 1. The van der Waals surface area contributed by atoms with Crippen molar-refractivity contribution in [3.63, 3.8) is 0 Å². The number of aromatic nitrogens is 4. The normalized spacial score (nSPS) is 19.2. The molecule has 0 spiro atoms.